The molecule has 0 bridgehead atoms. The molecular formula is C12H13Cl2N3O2. The van der Waals surface area contributed by atoms with Crippen LogP contribution in [0.25, 0.3) is 0 Å². The van der Waals surface area contributed by atoms with Crippen molar-refractivity contribution >= 4 is 46.4 Å². The fourth-order valence-electron chi connectivity index (χ4n) is 1.95. The van der Waals surface area contributed by atoms with Gasteiger partial charge in [0.1, 0.15) is 6.04 Å². The maximum absolute atomic E-state index is 12.0. The number of benzene rings is 1. The van der Waals surface area contributed by atoms with Crippen molar-refractivity contribution in [3.8, 4) is 0 Å². The Morgan fingerprint density at radius 2 is 1.89 bits per heavy atom. The van der Waals surface area contributed by atoms with E-state index in [0.717, 1.165) is 4.90 Å². The molecule has 1 saturated heterocycles. The van der Waals surface area contributed by atoms with Gasteiger partial charge in [-0.3, -0.25) is 14.5 Å². The summed E-state index contributed by atoms with van der Waals surface area (Å²) in [6, 6.07) is 2.59. The van der Waals surface area contributed by atoms with Crippen molar-refractivity contribution in [1.29, 1.82) is 0 Å². The third kappa shape index (κ3) is 2.77. The lowest BCUT2D eigenvalue weighted by Gasteiger charge is -2.29. The van der Waals surface area contributed by atoms with Gasteiger partial charge in [0.05, 0.1) is 15.7 Å². The Hall–Kier alpha value is -1.46. The molecule has 0 saturated carbocycles. The molecule has 19 heavy (non-hydrogen) atoms. The zero-order valence-electron chi connectivity index (χ0n) is 10.2. The van der Waals surface area contributed by atoms with Crippen LogP contribution < -0.4 is 11.1 Å². The number of hydrogen-bond acceptors (Lipinski definition) is 4. The van der Waals surface area contributed by atoms with E-state index in [9.17, 15) is 9.59 Å². The summed E-state index contributed by atoms with van der Waals surface area (Å²) in [6.45, 7) is 0. The molecule has 2 rings (SSSR count). The number of nitrogens with two attached hydrogens (primary N) is 1. The van der Waals surface area contributed by atoms with E-state index in [0.29, 0.717) is 34.3 Å². The van der Waals surface area contributed by atoms with Gasteiger partial charge in [0, 0.05) is 19.2 Å². The molecule has 1 aliphatic heterocycles. The van der Waals surface area contributed by atoms with Crippen molar-refractivity contribution < 1.29 is 9.59 Å². The third-order valence-electron chi connectivity index (χ3n) is 3.03. The molecule has 0 radical (unpaired) electrons. The minimum Gasteiger partial charge on any atom is -0.399 e. The van der Waals surface area contributed by atoms with Gasteiger partial charge in [-0.05, 0) is 18.6 Å². The van der Waals surface area contributed by atoms with Gasteiger partial charge in [-0.15, -0.1) is 0 Å². The van der Waals surface area contributed by atoms with E-state index >= 15 is 0 Å². The number of piperidine rings is 1. The average molecular weight is 302 g/mol. The molecule has 1 heterocycles. The lowest BCUT2D eigenvalue weighted by molar-refractivity contribution is -0.146. The number of halogens is 2. The molecular weight excluding hydrogens is 289 g/mol. The van der Waals surface area contributed by atoms with E-state index < -0.39 is 6.04 Å². The fraction of sp³-hybridized carbons (Fsp3) is 0.333. The van der Waals surface area contributed by atoms with Gasteiger partial charge in [0.2, 0.25) is 5.91 Å². The van der Waals surface area contributed by atoms with Crippen molar-refractivity contribution in [2.45, 2.75) is 18.9 Å². The first-order chi connectivity index (χ1) is 8.90. The van der Waals surface area contributed by atoms with Crippen LogP contribution in [-0.4, -0.2) is 29.8 Å². The predicted octanol–water partition coefficient (Wildman–Crippen LogP) is 2.13. The van der Waals surface area contributed by atoms with Gasteiger partial charge in [-0.25, -0.2) is 0 Å². The number of amides is 2. The number of rotatable bonds is 2. The zero-order valence-corrected chi connectivity index (χ0v) is 11.8. The van der Waals surface area contributed by atoms with Crippen molar-refractivity contribution in [1.82, 2.24) is 4.90 Å². The minimum atomic E-state index is -0.513. The number of likely N-dealkylation sites (N-methyl/N-ethyl adjacent to an activating group) is 1. The van der Waals surface area contributed by atoms with Gasteiger partial charge < -0.3 is 11.1 Å². The molecule has 102 valence electrons. The van der Waals surface area contributed by atoms with E-state index in [1.54, 1.807) is 12.1 Å². The van der Waals surface area contributed by atoms with Crippen LogP contribution in [0.15, 0.2) is 12.1 Å². The molecule has 3 N–H and O–H groups in total. The monoisotopic (exact) mass is 301 g/mol. The number of carbonyl (C=O) groups is 2. The largest absolute Gasteiger partial charge is 0.399 e. The van der Waals surface area contributed by atoms with Crippen molar-refractivity contribution in [2.24, 2.45) is 0 Å². The number of hydrogen-bond donors (Lipinski definition) is 2. The van der Waals surface area contributed by atoms with Crippen molar-refractivity contribution in [3.05, 3.63) is 22.2 Å². The van der Waals surface area contributed by atoms with Crippen molar-refractivity contribution in [2.75, 3.05) is 18.1 Å². The first-order valence-corrected chi connectivity index (χ1v) is 6.47. The first-order valence-electron chi connectivity index (χ1n) is 5.71. The molecule has 0 aliphatic carbocycles. The lowest BCUT2D eigenvalue weighted by Crippen LogP contribution is -2.48. The highest BCUT2D eigenvalue weighted by molar-refractivity contribution is 6.39. The number of imide groups is 1. The highest BCUT2D eigenvalue weighted by Crippen LogP contribution is 2.34. The Morgan fingerprint density at radius 1 is 1.32 bits per heavy atom. The summed E-state index contributed by atoms with van der Waals surface area (Å²) in [6.07, 6.45) is 0.725. The Bertz CT molecular complexity index is 525. The smallest absolute Gasteiger partial charge is 0.251 e. The molecule has 1 aliphatic rings. The number of carbonyl (C=O) groups excluding carboxylic acids is 2. The Labute approximate surface area is 120 Å². The molecule has 1 aromatic rings. The van der Waals surface area contributed by atoms with E-state index in [2.05, 4.69) is 5.32 Å². The van der Waals surface area contributed by atoms with Gasteiger partial charge >= 0.3 is 0 Å². The van der Waals surface area contributed by atoms with Crippen LogP contribution in [0.4, 0.5) is 11.4 Å². The van der Waals surface area contributed by atoms with Crippen molar-refractivity contribution in [3.63, 3.8) is 0 Å². The zero-order chi connectivity index (χ0) is 14.2. The topological polar surface area (TPSA) is 75.4 Å². The average Bonchev–Trinajstić information content (AvgIpc) is 2.33. The normalized spacial score (nSPS) is 19.7. The van der Waals surface area contributed by atoms with E-state index in [1.807, 2.05) is 0 Å². The molecule has 2 amide bonds. The van der Waals surface area contributed by atoms with Crippen LogP contribution in [0.1, 0.15) is 12.8 Å². The highest BCUT2D eigenvalue weighted by Gasteiger charge is 2.32. The van der Waals surface area contributed by atoms with Crippen LogP contribution in [0.3, 0.4) is 0 Å². The van der Waals surface area contributed by atoms with E-state index in [-0.39, 0.29) is 11.8 Å². The number of likely N-dealkylation sites (tertiary alicyclic amines) is 1. The summed E-state index contributed by atoms with van der Waals surface area (Å²) in [5.74, 6) is -0.474. The molecule has 0 aromatic heterocycles. The maximum atomic E-state index is 12.0. The third-order valence-corrected chi connectivity index (χ3v) is 3.63. The van der Waals surface area contributed by atoms with Crippen LogP contribution in [-0.2, 0) is 9.59 Å². The second-order valence-corrected chi connectivity index (χ2v) is 5.20. The minimum absolute atomic E-state index is 0.183. The summed E-state index contributed by atoms with van der Waals surface area (Å²) in [4.78, 5) is 24.5. The number of nitrogens with zero attached hydrogens (tertiary/aromatic N) is 1. The quantitative estimate of drug-likeness (QED) is 0.648. The van der Waals surface area contributed by atoms with E-state index in [1.165, 1.54) is 7.05 Å². The Balaban J connectivity index is 2.22. The molecule has 5 nitrogen and oxygen atoms in total. The van der Waals surface area contributed by atoms with Crippen LogP contribution in [0.5, 0.6) is 0 Å². The van der Waals surface area contributed by atoms with Gasteiger partial charge in [0.15, 0.2) is 0 Å². The Morgan fingerprint density at radius 3 is 2.47 bits per heavy atom. The molecule has 1 unspecified atom stereocenters. The molecule has 1 atom stereocenters. The molecule has 1 fully saturated rings. The summed E-state index contributed by atoms with van der Waals surface area (Å²) in [5, 5.41) is 3.67. The summed E-state index contributed by atoms with van der Waals surface area (Å²) in [7, 11) is 1.46. The molecule has 1 aromatic carbocycles. The Kier molecular flexibility index (Phi) is 3.87. The van der Waals surface area contributed by atoms with Crippen LogP contribution in [0.2, 0.25) is 10.0 Å². The van der Waals surface area contributed by atoms with Gasteiger partial charge in [0.25, 0.3) is 5.91 Å². The second kappa shape index (κ2) is 5.27. The van der Waals surface area contributed by atoms with Crippen LogP contribution >= 0.6 is 23.2 Å². The summed E-state index contributed by atoms with van der Waals surface area (Å²) >= 11 is 12.1. The number of nitrogens with one attached hydrogen (secondary N) is 1. The SMILES string of the molecule is CN1C(=O)CCC(Nc2c(Cl)cc(N)cc2Cl)C1=O. The molecule has 0 spiro atoms. The first kappa shape index (κ1) is 14.0. The maximum Gasteiger partial charge on any atom is 0.251 e. The fourth-order valence-corrected chi connectivity index (χ4v) is 2.57. The highest BCUT2D eigenvalue weighted by atomic mass is 35.5. The molecule has 7 heteroatoms. The van der Waals surface area contributed by atoms with E-state index in [4.69, 9.17) is 28.9 Å². The van der Waals surface area contributed by atoms with Gasteiger partial charge in [-0.1, -0.05) is 23.2 Å². The van der Waals surface area contributed by atoms with Crippen LogP contribution in [0, 0.1) is 0 Å². The lowest BCUT2D eigenvalue weighted by atomic mass is 10.0. The number of nitrogen functional groups attached to an aromatic ring is 1. The standard InChI is InChI=1S/C12H13Cl2N3O2/c1-17-10(18)3-2-9(12(17)19)16-11-7(13)4-6(15)5-8(11)14/h4-5,9,16H,2-3,15H2,1H3. The summed E-state index contributed by atoms with van der Waals surface area (Å²) < 4.78 is 0. The second-order valence-electron chi connectivity index (χ2n) is 4.39. The van der Waals surface area contributed by atoms with Gasteiger partial charge in [-0.2, -0.15) is 0 Å². The number of anilines is 2. The predicted molar refractivity (Wildman–Crippen MR) is 75.3 cm³/mol. The summed E-state index contributed by atoms with van der Waals surface area (Å²) in [5.41, 5.74) is 6.52.